The summed E-state index contributed by atoms with van der Waals surface area (Å²) in [6.07, 6.45) is 4.16. The standard InChI is InChI=1S/C24H24FI2N3O4/c1-14-11-29(13-28-14)19-6-5-16(10-22(19)33-2)34-21-4-3-7-30(24(21)32)20(12-31)15-8-17(25)23(27)18(26)9-15/h5-6,8-11,13,20-21,31H,3-4,7,12H2,1-2H3. The molecule has 1 aliphatic rings. The van der Waals surface area contributed by atoms with E-state index in [9.17, 15) is 14.3 Å². The fourth-order valence-corrected chi connectivity index (χ4v) is 5.03. The van der Waals surface area contributed by atoms with Gasteiger partial charge in [-0.2, -0.15) is 0 Å². The molecule has 1 N–H and O–H groups in total. The highest BCUT2D eigenvalue weighted by molar-refractivity contribution is 14.1. The third-order valence-electron chi connectivity index (χ3n) is 5.78. The Morgan fingerprint density at radius 1 is 1.29 bits per heavy atom. The molecule has 7 nitrogen and oxygen atoms in total. The minimum absolute atomic E-state index is 0.229. The van der Waals surface area contributed by atoms with Gasteiger partial charge in [0.05, 0.1) is 41.0 Å². The van der Waals surface area contributed by atoms with Crippen LogP contribution in [0.2, 0.25) is 0 Å². The highest BCUT2D eigenvalue weighted by Gasteiger charge is 2.35. The highest BCUT2D eigenvalue weighted by Crippen LogP contribution is 2.33. The molecule has 1 aliphatic heterocycles. The second-order valence-corrected chi connectivity index (χ2v) is 10.3. The first-order valence-corrected chi connectivity index (χ1v) is 12.9. The lowest BCUT2D eigenvalue weighted by Crippen LogP contribution is -2.49. The van der Waals surface area contributed by atoms with Gasteiger partial charge in [0.1, 0.15) is 17.3 Å². The SMILES string of the molecule is COc1cc(OC2CCCN(C(CO)c3cc(F)c(I)c(I)c3)C2=O)ccc1-n1cnc(C)c1. The lowest BCUT2D eigenvalue weighted by Gasteiger charge is -2.37. The number of halogens is 3. The number of likely N-dealkylation sites (tertiary alicyclic amines) is 1. The summed E-state index contributed by atoms with van der Waals surface area (Å²) < 4.78 is 29.1. The smallest absolute Gasteiger partial charge is 0.264 e. The monoisotopic (exact) mass is 691 g/mol. The van der Waals surface area contributed by atoms with Crippen LogP contribution in [-0.2, 0) is 4.79 Å². The van der Waals surface area contributed by atoms with Crippen LogP contribution < -0.4 is 9.47 Å². The molecule has 0 saturated carbocycles. The van der Waals surface area contributed by atoms with Gasteiger partial charge in [0.15, 0.2) is 6.10 Å². The average molecular weight is 691 g/mol. The lowest BCUT2D eigenvalue weighted by molar-refractivity contribution is -0.146. The normalized spacial score (nSPS) is 17.1. The van der Waals surface area contributed by atoms with Crippen LogP contribution in [0.4, 0.5) is 4.39 Å². The molecule has 3 aromatic rings. The molecule has 0 aliphatic carbocycles. The van der Waals surface area contributed by atoms with E-state index >= 15 is 0 Å². The van der Waals surface area contributed by atoms with Gasteiger partial charge in [-0.25, -0.2) is 9.37 Å². The van der Waals surface area contributed by atoms with Gasteiger partial charge in [-0.1, -0.05) is 0 Å². The van der Waals surface area contributed by atoms with E-state index in [1.165, 1.54) is 6.07 Å². The van der Waals surface area contributed by atoms with E-state index in [4.69, 9.17) is 9.47 Å². The van der Waals surface area contributed by atoms with Gasteiger partial charge in [-0.3, -0.25) is 4.79 Å². The Hall–Kier alpha value is -1.93. The number of piperidine rings is 1. The second-order valence-electron chi connectivity index (χ2n) is 8.03. The number of aliphatic hydroxyl groups excluding tert-OH is 1. The summed E-state index contributed by atoms with van der Waals surface area (Å²) in [6, 6.07) is 7.96. The molecule has 10 heteroatoms. The third-order valence-corrected chi connectivity index (χ3v) is 8.76. The van der Waals surface area contributed by atoms with Crippen molar-refractivity contribution in [3.63, 3.8) is 0 Å². The molecule has 0 spiro atoms. The average Bonchev–Trinajstić information content (AvgIpc) is 3.26. The van der Waals surface area contributed by atoms with Crippen molar-refractivity contribution in [1.29, 1.82) is 0 Å². The molecule has 0 bridgehead atoms. The van der Waals surface area contributed by atoms with Crippen LogP contribution >= 0.6 is 45.2 Å². The van der Waals surface area contributed by atoms with Gasteiger partial charge in [-0.15, -0.1) is 0 Å². The van der Waals surface area contributed by atoms with Gasteiger partial charge in [0.2, 0.25) is 0 Å². The number of imidazole rings is 1. The molecule has 1 aromatic heterocycles. The fourth-order valence-electron chi connectivity index (χ4n) is 4.10. The van der Waals surface area contributed by atoms with Crippen molar-refractivity contribution in [2.45, 2.75) is 31.9 Å². The Morgan fingerprint density at radius 3 is 2.74 bits per heavy atom. The Labute approximate surface area is 224 Å². The molecule has 34 heavy (non-hydrogen) atoms. The molecular formula is C24H24FI2N3O4. The first kappa shape index (κ1) is 25.2. The first-order chi connectivity index (χ1) is 16.3. The molecule has 1 amide bonds. The molecule has 0 radical (unpaired) electrons. The maximum absolute atomic E-state index is 14.4. The molecular weight excluding hydrogens is 667 g/mol. The number of aromatic nitrogens is 2. The van der Waals surface area contributed by atoms with E-state index in [2.05, 4.69) is 27.6 Å². The molecule has 180 valence electrons. The fraction of sp³-hybridized carbons (Fsp3) is 0.333. The van der Waals surface area contributed by atoms with E-state index in [1.54, 1.807) is 30.5 Å². The number of amides is 1. The molecule has 2 heterocycles. The van der Waals surface area contributed by atoms with Crippen LogP contribution in [0.1, 0.15) is 30.1 Å². The van der Waals surface area contributed by atoms with Crippen molar-refractivity contribution in [3.05, 3.63) is 67.1 Å². The van der Waals surface area contributed by atoms with Gasteiger partial charge in [-0.05, 0) is 94.8 Å². The Morgan fingerprint density at radius 2 is 2.09 bits per heavy atom. The number of methoxy groups -OCH3 is 1. The van der Waals surface area contributed by atoms with Crippen LogP contribution in [0.15, 0.2) is 42.9 Å². The highest BCUT2D eigenvalue weighted by atomic mass is 127. The zero-order chi connectivity index (χ0) is 24.4. The molecule has 2 unspecified atom stereocenters. The van der Waals surface area contributed by atoms with Crippen LogP contribution in [0.3, 0.4) is 0 Å². The number of carbonyl (C=O) groups excluding carboxylic acids is 1. The Bertz CT molecular complexity index is 1180. The number of benzene rings is 2. The first-order valence-electron chi connectivity index (χ1n) is 10.7. The summed E-state index contributed by atoms with van der Waals surface area (Å²) >= 11 is 4.01. The minimum atomic E-state index is -0.707. The summed E-state index contributed by atoms with van der Waals surface area (Å²) in [4.78, 5) is 19.2. The van der Waals surface area contributed by atoms with E-state index in [-0.39, 0.29) is 18.3 Å². The maximum atomic E-state index is 14.4. The zero-order valence-electron chi connectivity index (χ0n) is 18.7. The van der Waals surface area contributed by atoms with E-state index in [0.29, 0.717) is 40.0 Å². The number of carbonyl (C=O) groups is 1. The zero-order valence-corrected chi connectivity index (χ0v) is 23.0. The number of rotatable bonds is 7. The predicted molar refractivity (Wildman–Crippen MR) is 142 cm³/mol. The van der Waals surface area contributed by atoms with Crippen molar-refractivity contribution in [2.75, 3.05) is 20.3 Å². The second kappa shape index (κ2) is 10.8. The van der Waals surface area contributed by atoms with Crippen LogP contribution in [-0.4, -0.2) is 51.8 Å². The number of hydrogen-bond donors (Lipinski definition) is 1. The van der Waals surface area contributed by atoms with Gasteiger partial charge in [0.25, 0.3) is 5.91 Å². The number of ether oxygens (including phenoxy) is 2. The summed E-state index contributed by atoms with van der Waals surface area (Å²) in [5, 5.41) is 10.1. The van der Waals surface area contributed by atoms with E-state index in [0.717, 1.165) is 15.0 Å². The number of aryl methyl sites for hydroxylation is 1. The van der Waals surface area contributed by atoms with Gasteiger partial charge in [0, 0.05) is 22.4 Å². The van der Waals surface area contributed by atoms with Crippen LogP contribution in [0.25, 0.3) is 5.69 Å². The van der Waals surface area contributed by atoms with Crippen LogP contribution in [0.5, 0.6) is 11.5 Å². The van der Waals surface area contributed by atoms with Crippen LogP contribution in [0, 0.1) is 19.9 Å². The summed E-state index contributed by atoms with van der Waals surface area (Å²) in [6.45, 7) is 2.07. The predicted octanol–water partition coefficient (Wildman–Crippen LogP) is 4.64. The van der Waals surface area contributed by atoms with Crippen molar-refractivity contribution >= 4 is 51.1 Å². The van der Waals surface area contributed by atoms with Gasteiger partial charge < -0.3 is 24.0 Å². The van der Waals surface area contributed by atoms with Crippen molar-refractivity contribution in [1.82, 2.24) is 14.5 Å². The molecule has 4 rings (SSSR count). The summed E-state index contributed by atoms with van der Waals surface area (Å²) in [5.74, 6) is 0.506. The lowest BCUT2D eigenvalue weighted by atomic mass is 10.00. The van der Waals surface area contributed by atoms with Gasteiger partial charge >= 0.3 is 0 Å². The number of nitrogens with zero attached hydrogens (tertiary/aromatic N) is 3. The Balaban J connectivity index is 1.55. The molecule has 2 aromatic carbocycles. The van der Waals surface area contributed by atoms with Crippen molar-refractivity contribution < 1.29 is 23.8 Å². The van der Waals surface area contributed by atoms with E-state index in [1.807, 2.05) is 52.4 Å². The third kappa shape index (κ3) is 5.18. The summed E-state index contributed by atoms with van der Waals surface area (Å²) in [7, 11) is 1.58. The minimum Gasteiger partial charge on any atom is -0.494 e. The van der Waals surface area contributed by atoms with Crippen molar-refractivity contribution in [3.8, 4) is 17.2 Å². The maximum Gasteiger partial charge on any atom is 0.264 e. The largest absolute Gasteiger partial charge is 0.494 e. The topological polar surface area (TPSA) is 76.8 Å². The van der Waals surface area contributed by atoms with E-state index < -0.39 is 12.1 Å². The molecule has 2 atom stereocenters. The molecule has 1 saturated heterocycles. The molecule has 1 fully saturated rings. The number of hydrogen-bond acceptors (Lipinski definition) is 5. The quantitative estimate of drug-likeness (QED) is 0.289. The number of aliphatic hydroxyl groups is 1. The Kier molecular flexibility index (Phi) is 7.97. The van der Waals surface area contributed by atoms with Crippen molar-refractivity contribution in [2.24, 2.45) is 0 Å². The summed E-state index contributed by atoms with van der Waals surface area (Å²) in [5.41, 5.74) is 2.26.